The summed E-state index contributed by atoms with van der Waals surface area (Å²) >= 11 is 0. The monoisotopic (exact) mass is 276 g/mol. The van der Waals surface area contributed by atoms with Gasteiger partial charge in [0.25, 0.3) is 5.91 Å². The lowest BCUT2D eigenvalue weighted by molar-refractivity contribution is -0.123. The van der Waals surface area contributed by atoms with E-state index >= 15 is 0 Å². The van der Waals surface area contributed by atoms with Crippen molar-refractivity contribution in [3.63, 3.8) is 0 Å². The highest BCUT2D eigenvalue weighted by atomic mass is 19.3. The van der Waals surface area contributed by atoms with Crippen LogP contribution < -0.4 is 10.6 Å². The first kappa shape index (κ1) is 13.6. The number of nitrogens with one attached hydrogen (secondary N) is 2. The Morgan fingerprint density at radius 2 is 2.16 bits per heavy atom. The lowest BCUT2D eigenvalue weighted by Crippen LogP contribution is -2.41. The van der Waals surface area contributed by atoms with Crippen LogP contribution in [-0.2, 0) is 6.42 Å². The van der Waals surface area contributed by atoms with Crippen molar-refractivity contribution >= 4 is 11.6 Å². The number of hydrogen-bond acceptors (Lipinski definition) is 2. The van der Waals surface area contributed by atoms with Gasteiger partial charge in [-0.15, -0.1) is 0 Å². The van der Waals surface area contributed by atoms with Crippen molar-refractivity contribution < 1.29 is 22.4 Å². The molecule has 3 nitrogen and oxygen atoms in total. The first-order valence-corrected chi connectivity index (χ1v) is 5.71. The highest BCUT2D eigenvalue weighted by Gasteiger charge is 2.40. The van der Waals surface area contributed by atoms with Crippen LogP contribution in [0.25, 0.3) is 0 Å². The van der Waals surface area contributed by atoms with Crippen molar-refractivity contribution in [2.24, 2.45) is 0 Å². The van der Waals surface area contributed by atoms with Crippen molar-refractivity contribution in [1.29, 1.82) is 0 Å². The molecule has 0 atom stereocenters. The number of benzene rings is 1. The molecule has 0 fully saturated rings. The van der Waals surface area contributed by atoms with Gasteiger partial charge in [0.05, 0.1) is 6.54 Å². The number of rotatable bonds is 4. The van der Waals surface area contributed by atoms with E-state index in [-0.39, 0.29) is 5.56 Å². The molecule has 19 heavy (non-hydrogen) atoms. The minimum absolute atomic E-state index is 0.165. The summed E-state index contributed by atoms with van der Waals surface area (Å²) in [5.74, 6) is -5.01. The van der Waals surface area contributed by atoms with E-state index < -0.39 is 24.8 Å². The number of anilines is 1. The maximum Gasteiger partial charge on any atom is 0.324 e. The van der Waals surface area contributed by atoms with Crippen molar-refractivity contribution in [1.82, 2.24) is 5.32 Å². The molecule has 0 saturated carbocycles. The molecule has 0 spiro atoms. The number of carbonyl (C=O) groups excluding carboxylic acids is 1. The Bertz CT molecular complexity index is 491. The molecule has 0 unspecified atom stereocenters. The van der Waals surface area contributed by atoms with Crippen LogP contribution in [0.3, 0.4) is 0 Å². The van der Waals surface area contributed by atoms with E-state index in [4.69, 9.17) is 0 Å². The lowest BCUT2D eigenvalue weighted by Gasteiger charge is -2.15. The van der Waals surface area contributed by atoms with E-state index in [2.05, 4.69) is 5.32 Å². The second-order valence-electron chi connectivity index (χ2n) is 4.29. The fourth-order valence-corrected chi connectivity index (χ4v) is 1.81. The summed E-state index contributed by atoms with van der Waals surface area (Å²) in [4.78, 5) is 11.6. The number of hydrogen-bond donors (Lipinski definition) is 2. The van der Waals surface area contributed by atoms with Crippen LogP contribution in [0, 0.1) is 0 Å². The van der Waals surface area contributed by atoms with Gasteiger partial charge in [-0.25, -0.2) is 8.78 Å². The largest absolute Gasteiger partial charge is 0.384 e. The Morgan fingerprint density at radius 1 is 1.42 bits per heavy atom. The van der Waals surface area contributed by atoms with E-state index in [1.807, 2.05) is 5.32 Å². The standard InChI is InChI=1S/C12H12F4N2O/c13-11(14)12(15,16)6-18-10(19)8-2-1-7-3-4-17-9(7)5-8/h1-2,5,11,17H,3-4,6H2,(H,18,19). The molecule has 2 rings (SSSR count). The van der Waals surface area contributed by atoms with Crippen molar-refractivity contribution in [2.75, 3.05) is 18.4 Å². The van der Waals surface area contributed by atoms with Crippen molar-refractivity contribution in [3.8, 4) is 0 Å². The van der Waals surface area contributed by atoms with Gasteiger partial charge in [-0.3, -0.25) is 4.79 Å². The zero-order chi connectivity index (χ0) is 14.0. The fraction of sp³-hybridized carbons (Fsp3) is 0.417. The van der Waals surface area contributed by atoms with Crippen LogP contribution in [-0.4, -0.2) is 31.3 Å². The predicted molar refractivity (Wildman–Crippen MR) is 61.9 cm³/mol. The fourth-order valence-electron chi connectivity index (χ4n) is 1.81. The van der Waals surface area contributed by atoms with Gasteiger partial charge in [0.15, 0.2) is 0 Å². The normalized spacial score (nSPS) is 14.2. The first-order valence-electron chi connectivity index (χ1n) is 5.71. The summed E-state index contributed by atoms with van der Waals surface area (Å²) in [6, 6.07) is 4.73. The molecule has 0 bridgehead atoms. The van der Waals surface area contributed by atoms with Gasteiger partial charge in [-0.1, -0.05) is 6.07 Å². The highest BCUT2D eigenvalue weighted by molar-refractivity contribution is 5.95. The van der Waals surface area contributed by atoms with Crippen LogP contribution in [0.15, 0.2) is 18.2 Å². The molecule has 1 aromatic rings. The number of carbonyl (C=O) groups is 1. The molecule has 104 valence electrons. The minimum atomic E-state index is -4.22. The maximum atomic E-state index is 12.7. The molecule has 1 aliphatic heterocycles. The zero-order valence-electron chi connectivity index (χ0n) is 9.85. The van der Waals surface area contributed by atoms with Crippen LogP contribution in [0.4, 0.5) is 23.2 Å². The summed E-state index contributed by atoms with van der Waals surface area (Å²) in [6.45, 7) is -0.627. The van der Waals surface area contributed by atoms with E-state index in [9.17, 15) is 22.4 Å². The third-order valence-electron chi connectivity index (χ3n) is 2.89. The van der Waals surface area contributed by atoms with Gasteiger partial charge in [0.2, 0.25) is 0 Å². The second kappa shape index (κ2) is 5.07. The SMILES string of the molecule is O=C(NCC(F)(F)C(F)F)c1ccc2c(c1)NCC2. The number of halogens is 4. The molecule has 0 radical (unpaired) electrons. The molecule has 7 heteroatoms. The Kier molecular flexibility index (Phi) is 3.64. The van der Waals surface area contributed by atoms with E-state index in [1.54, 1.807) is 6.07 Å². The molecular formula is C12H12F4N2O. The summed E-state index contributed by atoms with van der Waals surface area (Å²) in [6.07, 6.45) is -2.96. The molecule has 1 heterocycles. The second-order valence-corrected chi connectivity index (χ2v) is 4.29. The lowest BCUT2D eigenvalue weighted by atomic mass is 10.1. The van der Waals surface area contributed by atoms with E-state index in [1.165, 1.54) is 12.1 Å². The zero-order valence-corrected chi connectivity index (χ0v) is 9.85. The summed E-state index contributed by atoms with van der Waals surface area (Å²) < 4.78 is 49.2. The smallest absolute Gasteiger partial charge is 0.324 e. The molecule has 1 aliphatic rings. The van der Waals surface area contributed by atoms with Gasteiger partial charge in [-0.05, 0) is 24.1 Å². The van der Waals surface area contributed by atoms with Crippen LogP contribution >= 0.6 is 0 Å². The highest BCUT2D eigenvalue weighted by Crippen LogP contribution is 2.24. The van der Waals surface area contributed by atoms with E-state index in [0.29, 0.717) is 0 Å². The van der Waals surface area contributed by atoms with Crippen LogP contribution in [0.1, 0.15) is 15.9 Å². The minimum Gasteiger partial charge on any atom is -0.384 e. The quantitative estimate of drug-likeness (QED) is 0.828. The van der Waals surface area contributed by atoms with Gasteiger partial charge >= 0.3 is 12.3 Å². The topological polar surface area (TPSA) is 41.1 Å². The van der Waals surface area contributed by atoms with Gasteiger partial charge in [-0.2, -0.15) is 8.78 Å². The van der Waals surface area contributed by atoms with Gasteiger partial charge < -0.3 is 10.6 Å². The van der Waals surface area contributed by atoms with Crippen LogP contribution in [0.2, 0.25) is 0 Å². The van der Waals surface area contributed by atoms with Gasteiger partial charge in [0, 0.05) is 17.8 Å². The Balaban J connectivity index is 2.01. The predicted octanol–water partition coefficient (Wildman–Crippen LogP) is 2.28. The third-order valence-corrected chi connectivity index (χ3v) is 2.89. The Hall–Kier alpha value is -1.79. The Labute approximate surface area is 107 Å². The van der Waals surface area contributed by atoms with Crippen molar-refractivity contribution in [3.05, 3.63) is 29.3 Å². The summed E-state index contributed by atoms with van der Waals surface area (Å²) in [7, 11) is 0. The molecule has 0 saturated heterocycles. The number of amides is 1. The maximum absolute atomic E-state index is 12.7. The van der Waals surface area contributed by atoms with Gasteiger partial charge in [0.1, 0.15) is 0 Å². The molecule has 1 aromatic carbocycles. The average Bonchev–Trinajstić information content (AvgIpc) is 2.82. The van der Waals surface area contributed by atoms with Crippen LogP contribution in [0.5, 0.6) is 0 Å². The van der Waals surface area contributed by atoms with Crippen molar-refractivity contribution in [2.45, 2.75) is 18.8 Å². The molecule has 2 N–H and O–H groups in total. The molecule has 1 amide bonds. The first-order chi connectivity index (χ1) is 8.90. The van der Waals surface area contributed by atoms with E-state index in [0.717, 1.165) is 24.2 Å². The third kappa shape index (κ3) is 2.97. The molecule has 0 aliphatic carbocycles. The number of fused-ring (bicyclic) bond motifs is 1. The molecular weight excluding hydrogens is 264 g/mol. The average molecular weight is 276 g/mol. The number of alkyl halides is 4. The Morgan fingerprint density at radius 3 is 2.84 bits per heavy atom. The summed E-state index contributed by atoms with van der Waals surface area (Å²) in [5.41, 5.74) is 1.97. The molecule has 0 aromatic heterocycles. The summed E-state index contributed by atoms with van der Waals surface area (Å²) in [5, 5.41) is 4.85.